The quantitative estimate of drug-likeness (QED) is 0.395. The number of carbonyl (C=O) groups excluding carboxylic acids is 2. The highest BCUT2D eigenvalue weighted by Gasteiger charge is 2.46. The molecule has 2 aromatic carbocycles. The Morgan fingerprint density at radius 1 is 1.12 bits per heavy atom. The molecule has 0 bridgehead atoms. The number of hydrogen-bond acceptors (Lipinski definition) is 6. The van der Waals surface area contributed by atoms with E-state index in [4.69, 9.17) is 4.74 Å². The fourth-order valence-electron chi connectivity index (χ4n) is 3.96. The summed E-state index contributed by atoms with van der Waals surface area (Å²) in [5.74, 6) is -1.33. The number of benzene rings is 2. The van der Waals surface area contributed by atoms with E-state index in [1.165, 1.54) is 24.1 Å². The van der Waals surface area contributed by atoms with Crippen molar-refractivity contribution >= 4 is 17.4 Å². The monoisotopic (exact) mass is 452 g/mol. The van der Waals surface area contributed by atoms with Crippen molar-refractivity contribution in [3.8, 4) is 11.5 Å². The van der Waals surface area contributed by atoms with E-state index < -0.39 is 17.7 Å². The number of amides is 1. The maximum atomic E-state index is 13.2. The van der Waals surface area contributed by atoms with Gasteiger partial charge in [-0.3, -0.25) is 9.59 Å². The third-order valence-corrected chi connectivity index (χ3v) is 5.83. The van der Waals surface area contributed by atoms with Crippen molar-refractivity contribution < 1.29 is 24.5 Å². The maximum Gasteiger partial charge on any atom is 0.295 e. The third-order valence-electron chi connectivity index (χ3n) is 5.83. The van der Waals surface area contributed by atoms with Crippen LogP contribution in [0.3, 0.4) is 0 Å². The lowest BCUT2D eigenvalue weighted by atomic mass is 9.85. The second kappa shape index (κ2) is 9.27. The summed E-state index contributed by atoms with van der Waals surface area (Å²) in [4.78, 5) is 29.6. The number of ether oxygens (including phenoxy) is 1. The Kier molecular flexibility index (Phi) is 6.84. The molecule has 3 rings (SSSR count). The van der Waals surface area contributed by atoms with Crippen LogP contribution in [0.15, 0.2) is 48.0 Å². The molecule has 0 aliphatic carbocycles. The molecule has 0 aromatic heterocycles. The largest absolute Gasteiger partial charge is 0.508 e. The van der Waals surface area contributed by atoms with Gasteiger partial charge in [0.05, 0.1) is 24.3 Å². The number of Topliss-reactive ketones (excluding diaryl/α,β-unsaturated/α-hetero) is 1. The van der Waals surface area contributed by atoms with E-state index in [1.807, 2.05) is 45.8 Å². The lowest BCUT2D eigenvalue weighted by molar-refractivity contribution is -0.140. The molecule has 1 fully saturated rings. The number of aliphatic hydroxyl groups excluding tert-OH is 1. The summed E-state index contributed by atoms with van der Waals surface area (Å²) in [6.45, 7) is 6.96. The zero-order valence-electron chi connectivity index (χ0n) is 20.0. The van der Waals surface area contributed by atoms with E-state index >= 15 is 0 Å². The van der Waals surface area contributed by atoms with Crippen molar-refractivity contribution in [3.63, 3.8) is 0 Å². The van der Waals surface area contributed by atoms with Gasteiger partial charge in [-0.2, -0.15) is 0 Å². The predicted octanol–water partition coefficient (Wildman–Crippen LogP) is 3.68. The summed E-state index contributed by atoms with van der Waals surface area (Å²) < 4.78 is 5.47. The standard InChI is InChI=1S/C26H32N2O5/c1-26(2,3)17-10-11-20(33-6)19(15-17)23(30)21-22(16-8-7-9-18(29)14-16)28(13-12-27(4)5)25(32)24(21)31/h7-11,14-15,22,29-30H,12-13H2,1-6H3/b23-21+. The topological polar surface area (TPSA) is 90.3 Å². The molecule has 1 unspecified atom stereocenters. The van der Waals surface area contributed by atoms with Crippen LogP contribution in [-0.4, -0.2) is 66.0 Å². The molecule has 1 amide bonds. The summed E-state index contributed by atoms with van der Waals surface area (Å²) in [6.07, 6.45) is 0. The summed E-state index contributed by atoms with van der Waals surface area (Å²) in [7, 11) is 5.25. The first-order valence-corrected chi connectivity index (χ1v) is 10.9. The molecule has 2 aromatic rings. The molecule has 2 N–H and O–H groups in total. The number of likely N-dealkylation sites (N-methyl/N-ethyl adjacent to an activating group) is 1. The van der Waals surface area contributed by atoms with E-state index in [0.29, 0.717) is 23.4 Å². The van der Waals surface area contributed by atoms with Gasteiger partial charge in [-0.1, -0.05) is 39.0 Å². The van der Waals surface area contributed by atoms with Gasteiger partial charge < -0.3 is 24.7 Å². The van der Waals surface area contributed by atoms with Crippen LogP contribution in [0.5, 0.6) is 11.5 Å². The number of likely N-dealkylation sites (tertiary alicyclic amines) is 1. The van der Waals surface area contributed by atoms with Crippen molar-refractivity contribution in [1.82, 2.24) is 9.80 Å². The van der Waals surface area contributed by atoms with Crippen LogP contribution in [0.25, 0.3) is 5.76 Å². The number of ketones is 1. The minimum atomic E-state index is -0.833. The Hall–Kier alpha value is -3.32. The molecule has 0 spiro atoms. The second-order valence-corrected chi connectivity index (χ2v) is 9.56. The first-order valence-electron chi connectivity index (χ1n) is 10.9. The van der Waals surface area contributed by atoms with Gasteiger partial charge in [0.2, 0.25) is 0 Å². The van der Waals surface area contributed by atoms with Crippen molar-refractivity contribution in [2.75, 3.05) is 34.3 Å². The fourth-order valence-corrected chi connectivity index (χ4v) is 3.96. The number of aliphatic hydroxyl groups is 1. The molecule has 33 heavy (non-hydrogen) atoms. The minimum Gasteiger partial charge on any atom is -0.508 e. The number of nitrogens with zero attached hydrogens (tertiary/aromatic N) is 2. The lowest BCUT2D eigenvalue weighted by Gasteiger charge is -2.27. The first kappa shape index (κ1) is 24.3. The fraction of sp³-hybridized carbons (Fsp3) is 0.385. The van der Waals surface area contributed by atoms with E-state index in [1.54, 1.807) is 24.3 Å². The number of methoxy groups -OCH3 is 1. The van der Waals surface area contributed by atoms with Crippen molar-refractivity contribution in [1.29, 1.82) is 0 Å². The average molecular weight is 453 g/mol. The van der Waals surface area contributed by atoms with Crippen LogP contribution in [0, 0.1) is 0 Å². The lowest BCUT2D eigenvalue weighted by Crippen LogP contribution is -2.35. The van der Waals surface area contributed by atoms with Crippen LogP contribution in [-0.2, 0) is 15.0 Å². The van der Waals surface area contributed by atoms with Gasteiger partial charge in [0.1, 0.15) is 17.3 Å². The van der Waals surface area contributed by atoms with Gasteiger partial charge in [-0.25, -0.2) is 0 Å². The Bertz CT molecular complexity index is 1100. The van der Waals surface area contributed by atoms with Crippen LogP contribution >= 0.6 is 0 Å². The number of hydrogen-bond donors (Lipinski definition) is 2. The number of phenolic OH excluding ortho intramolecular Hbond substituents is 1. The summed E-state index contributed by atoms with van der Waals surface area (Å²) in [5.41, 5.74) is 1.61. The Morgan fingerprint density at radius 3 is 2.39 bits per heavy atom. The van der Waals surface area contributed by atoms with Gasteiger partial charge in [0.15, 0.2) is 0 Å². The van der Waals surface area contributed by atoms with Crippen molar-refractivity contribution in [2.24, 2.45) is 0 Å². The van der Waals surface area contributed by atoms with E-state index in [2.05, 4.69) is 0 Å². The first-order chi connectivity index (χ1) is 15.5. The highest BCUT2D eigenvalue weighted by atomic mass is 16.5. The number of phenols is 1. The highest BCUT2D eigenvalue weighted by Crippen LogP contribution is 2.42. The summed E-state index contributed by atoms with van der Waals surface area (Å²) in [6, 6.07) is 11.0. The van der Waals surface area contributed by atoms with Crippen molar-refractivity contribution in [2.45, 2.75) is 32.2 Å². The maximum absolute atomic E-state index is 13.2. The molecule has 1 atom stereocenters. The molecule has 1 saturated heterocycles. The van der Waals surface area contributed by atoms with Gasteiger partial charge >= 0.3 is 0 Å². The second-order valence-electron chi connectivity index (χ2n) is 9.56. The number of aromatic hydroxyl groups is 1. The van der Waals surface area contributed by atoms with Crippen molar-refractivity contribution in [3.05, 3.63) is 64.7 Å². The van der Waals surface area contributed by atoms with E-state index in [-0.39, 0.29) is 29.0 Å². The Morgan fingerprint density at radius 2 is 1.82 bits per heavy atom. The van der Waals surface area contributed by atoms with Gasteiger partial charge in [0, 0.05) is 13.1 Å². The Labute approximate surface area is 194 Å². The molecule has 176 valence electrons. The number of carbonyl (C=O) groups is 2. The molecule has 1 heterocycles. The summed E-state index contributed by atoms with van der Waals surface area (Å²) >= 11 is 0. The minimum absolute atomic E-state index is 0.0120. The molecule has 7 nitrogen and oxygen atoms in total. The molecule has 7 heteroatoms. The summed E-state index contributed by atoms with van der Waals surface area (Å²) in [5, 5.41) is 21.5. The van der Waals surface area contributed by atoms with E-state index in [0.717, 1.165) is 5.56 Å². The molecule has 0 saturated carbocycles. The van der Waals surface area contributed by atoms with Crippen LogP contribution in [0.4, 0.5) is 0 Å². The van der Waals surface area contributed by atoms with Crippen LogP contribution < -0.4 is 4.74 Å². The average Bonchev–Trinajstić information content (AvgIpc) is 3.00. The molecule has 0 radical (unpaired) electrons. The zero-order chi connectivity index (χ0) is 24.5. The Balaban J connectivity index is 2.25. The normalized spacial score (nSPS) is 18.3. The zero-order valence-corrected chi connectivity index (χ0v) is 20.0. The highest BCUT2D eigenvalue weighted by molar-refractivity contribution is 6.46. The van der Waals surface area contributed by atoms with Gasteiger partial charge in [-0.05, 0) is 54.9 Å². The van der Waals surface area contributed by atoms with Gasteiger partial charge in [0.25, 0.3) is 11.7 Å². The third kappa shape index (κ3) is 4.88. The number of rotatable bonds is 6. The molecule has 1 aliphatic heterocycles. The molecule has 1 aliphatic rings. The SMILES string of the molecule is COc1ccc(C(C)(C)C)cc1/C(O)=C1\C(=O)C(=O)N(CCN(C)C)C1c1cccc(O)c1. The van der Waals surface area contributed by atoms with Gasteiger partial charge in [-0.15, -0.1) is 0 Å². The molecular formula is C26H32N2O5. The smallest absolute Gasteiger partial charge is 0.295 e. The van der Waals surface area contributed by atoms with Crippen LogP contribution in [0.2, 0.25) is 0 Å². The molecular weight excluding hydrogens is 420 g/mol. The van der Waals surface area contributed by atoms with Crippen LogP contribution in [0.1, 0.15) is 43.5 Å². The predicted molar refractivity (Wildman–Crippen MR) is 127 cm³/mol. The van der Waals surface area contributed by atoms with E-state index in [9.17, 15) is 19.8 Å².